The number of amides is 2. The Balaban J connectivity index is 1.83. The van der Waals surface area contributed by atoms with Crippen LogP contribution in [0.5, 0.6) is 0 Å². The first-order valence-electron chi connectivity index (χ1n) is 6.92. The van der Waals surface area contributed by atoms with Crippen molar-refractivity contribution in [3.63, 3.8) is 0 Å². The molecule has 0 aliphatic heterocycles. The van der Waals surface area contributed by atoms with Crippen molar-refractivity contribution in [2.24, 2.45) is 0 Å². The number of hydrogen-bond donors (Lipinski definition) is 2. The van der Waals surface area contributed by atoms with Gasteiger partial charge in [-0.15, -0.1) is 0 Å². The van der Waals surface area contributed by atoms with E-state index in [-0.39, 0.29) is 17.9 Å². The van der Waals surface area contributed by atoms with Crippen LogP contribution in [0.25, 0.3) is 0 Å². The first-order valence-corrected chi connectivity index (χ1v) is 7.71. The van der Waals surface area contributed by atoms with Gasteiger partial charge in [0, 0.05) is 35.7 Å². The van der Waals surface area contributed by atoms with E-state index in [1.165, 1.54) is 0 Å². The number of hydrogen-bond acceptors (Lipinski definition) is 2. The number of nitrogens with one attached hydrogen (secondary N) is 2. The van der Waals surface area contributed by atoms with Gasteiger partial charge in [-0.2, -0.15) is 0 Å². The molecule has 2 rings (SSSR count). The third kappa shape index (κ3) is 4.10. The van der Waals surface area contributed by atoms with Crippen LogP contribution in [0.15, 0.2) is 16.7 Å². The predicted molar refractivity (Wildman–Crippen MR) is 80.6 cm³/mol. The summed E-state index contributed by atoms with van der Waals surface area (Å²) in [6.45, 7) is 4.40. The predicted octanol–water partition coefficient (Wildman–Crippen LogP) is 2.23. The minimum absolute atomic E-state index is 0.00761. The van der Waals surface area contributed by atoms with E-state index in [1.54, 1.807) is 6.07 Å². The summed E-state index contributed by atoms with van der Waals surface area (Å²) in [5.41, 5.74) is 0.606. The fraction of sp³-hybridized carbons (Fsp3) is 0.571. The Bertz CT molecular complexity index is 507. The van der Waals surface area contributed by atoms with Crippen molar-refractivity contribution in [3.05, 3.63) is 22.4 Å². The van der Waals surface area contributed by atoms with Gasteiger partial charge in [0.2, 0.25) is 5.91 Å². The summed E-state index contributed by atoms with van der Waals surface area (Å²) in [5, 5.41) is 5.69. The molecule has 20 heavy (non-hydrogen) atoms. The fourth-order valence-corrected chi connectivity index (χ4v) is 2.40. The number of aromatic nitrogens is 1. The largest absolute Gasteiger partial charge is 0.353 e. The Morgan fingerprint density at radius 1 is 1.45 bits per heavy atom. The van der Waals surface area contributed by atoms with Gasteiger partial charge in [-0.05, 0) is 48.7 Å². The van der Waals surface area contributed by atoms with Crippen LogP contribution in [-0.2, 0) is 4.79 Å². The molecule has 0 atom stereocenters. The van der Waals surface area contributed by atoms with E-state index in [1.807, 2.05) is 24.6 Å². The Morgan fingerprint density at radius 3 is 2.75 bits per heavy atom. The lowest BCUT2D eigenvalue weighted by Crippen LogP contribution is -2.32. The molecule has 1 aromatic heterocycles. The third-order valence-corrected chi connectivity index (χ3v) is 3.62. The number of carbonyl (C=O) groups excluding carboxylic acids is 2. The Kier molecular flexibility index (Phi) is 4.86. The van der Waals surface area contributed by atoms with Crippen molar-refractivity contribution in [2.75, 3.05) is 6.54 Å². The molecule has 2 N–H and O–H groups in total. The second kappa shape index (κ2) is 6.43. The molecule has 1 aliphatic carbocycles. The van der Waals surface area contributed by atoms with Crippen molar-refractivity contribution in [1.82, 2.24) is 15.2 Å². The minimum atomic E-state index is -0.149. The van der Waals surface area contributed by atoms with E-state index in [4.69, 9.17) is 0 Å². The van der Waals surface area contributed by atoms with Crippen molar-refractivity contribution >= 4 is 27.7 Å². The number of rotatable bonds is 6. The monoisotopic (exact) mass is 341 g/mol. The summed E-state index contributed by atoms with van der Waals surface area (Å²) in [6, 6.07) is 2.37. The van der Waals surface area contributed by atoms with Crippen LogP contribution in [0.2, 0.25) is 0 Å². The lowest BCUT2D eigenvalue weighted by Gasteiger charge is -2.12. The quantitative estimate of drug-likeness (QED) is 0.833. The molecule has 0 saturated heterocycles. The highest BCUT2D eigenvalue weighted by molar-refractivity contribution is 9.10. The van der Waals surface area contributed by atoms with Crippen molar-refractivity contribution < 1.29 is 9.59 Å². The zero-order valence-corrected chi connectivity index (χ0v) is 13.4. The van der Waals surface area contributed by atoms with Crippen LogP contribution < -0.4 is 10.6 Å². The maximum Gasteiger partial charge on any atom is 0.267 e. The summed E-state index contributed by atoms with van der Waals surface area (Å²) in [5.74, 6) is -0.142. The standard InChI is InChI=1S/C14H20BrN3O2/c1-9(2)18-8-10(15)7-12(18)14(20)16-6-5-13(19)17-11-3-4-11/h7-9,11H,3-6H2,1-2H3,(H,16,20)(H,17,19). The van der Waals surface area contributed by atoms with Gasteiger partial charge in [0.25, 0.3) is 5.91 Å². The highest BCUT2D eigenvalue weighted by Crippen LogP contribution is 2.19. The van der Waals surface area contributed by atoms with Crippen LogP contribution in [0, 0.1) is 0 Å². The van der Waals surface area contributed by atoms with Crippen LogP contribution in [0.3, 0.4) is 0 Å². The van der Waals surface area contributed by atoms with E-state index >= 15 is 0 Å². The average molecular weight is 342 g/mol. The molecule has 6 heteroatoms. The Hall–Kier alpha value is -1.30. The smallest absolute Gasteiger partial charge is 0.267 e. The summed E-state index contributed by atoms with van der Waals surface area (Å²) in [7, 11) is 0. The second-order valence-corrected chi connectivity index (χ2v) is 6.31. The van der Waals surface area contributed by atoms with Gasteiger partial charge in [0.05, 0.1) is 0 Å². The molecule has 0 radical (unpaired) electrons. The van der Waals surface area contributed by atoms with Gasteiger partial charge in [0.15, 0.2) is 0 Å². The van der Waals surface area contributed by atoms with Gasteiger partial charge < -0.3 is 15.2 Å². The van der Waals surface area contributed by atoms with Crippen molar-refractivity contribution in [3.8, 4) is 0 Å². The molecule has 1 aromatic rings. The lowest BCUT2D eigenvalue weighted by molar-refractivity contribution is -0.121. The highest BCUT2D eigenvalue weighted by Gasteiger charge is 2.23. The number of halogens is 1. The Labute approximate surface area is 127 Å². The van der Waals surface area contributed by atoms with Crippen LogP contribution in [0.4, 0.5) is 0 Å². The first-order chi connectivity index (χ1) is 9.47. The van der Waals surface area contributed by atoms with Gasteiger partial charge in [-0.1, -0.05) is 0 Å². The van der Waals surface area contributed by atoms with Gasteiger partial charge in [0.1, 0.15) is 5.69 Å². The van der Waals surface area contributed by atoms with E-state index < -0.39 is 0 Å². The van der Waals surface area contributed by atoms with E-state index in [2.05, 4.69) is 26.6 Å². The van der Waals surface area contributed by atoms with Crippen LogP contribution >= 0.6 is 15.9 Å². The second-order valence-electron chi connectivity index (χ2n) is 5.39. The molecule has 0 aromatic carbocycles. The first kappa shape index (κ1) is 15.1. The molecule has 110 valence electrons. The summed E-state index contributed by atoms with van der Waals surface area (Å²) >= 11 is 3.38. The van der Waals surface area contributed by atoms with Crippen LogP contribution in [-0.4, -0.2) is 29.0 Å². The average Bonchev–Trinajstić information content (AvgIpc) is 3.08. The van der Waals surface area contributed by atoms with Crippen molar-refractivity contribution in [2.45, 2.75) is 45.2 Å². The SMILES string of the molecule is CC(C)n1cc(Br)cc1C(=O)NCCC(=O)NC1CC1. The van der Waals surface area contributed by atoms with Gasteiger partial charge in [-0.3, -0.25) is 9.59 Å². The summed E-state index contributed by atoms with van der Waals surface area (Å²) < 4.78 is 2.78. The van der Waals surface area contributed by atoms with E-state index in [9.17, 15) is 9.59 Å². The molecule has 0 unspecified atom stereocenters. The molecule has 1 heterocycles. The van der Waals surface area contributed by atoms with Gasteiger partial charge in [-0.25, -0.2) is 0 Å². The zero-order valence-electron chi connectivity index (χ0n) is 11.8. The summed E-state index contributed by atoms with van der Waals surface area (Å²) in [6.07, 6.45) is 4.37. The molecule has 2 amide bonds. The lowest BCUT2D eigenvalue weighted by atomic mass is 10.3. The maximum absolute atomic E-state index is 12.1. The molecular formula is C14H20BrN3O2. The molecule has 0 bridgehead atoms. The zero-order chi connectivity index (χ0) is 14.7. The van der Waals surface area contributed by atoms with E-state index in [0.717, 1.165) is 17.3 Å². The maximum atomic E-state index is 12.1. The number of nitrogens with zero attached hydrogens (tertiary/aromatic N) is 1. The highest BCUT2D eigenvalue weighted by atomic mass is 79.9. The normalized spacial score (nSPS) is 14.4. The molecule has 1 aliphatic rings. The van der Waals surface area contributed by atoms with E-state index in [0.29, 0.717) is 24.7 Å². The molecule has 1 fully saturated rings. The molecule has 0 spiro atoms. The molecular weight excluding hydrogens is 322 g/mol. The summed E-state index contributed by atoms with van der Waals surface area (Å²) in [4.78, 5) is 23.6. The molecule has 5 nitrogen and oxygen atoms in total. The fourth-order valence-electron chi connectivity index (χ4n) is 1.96. The van der Waals surface area contributed by atoms with Crippen LogP contribution in [0.1, 0.15) is 49.6 Å². The third-order valence-electron chi connectivity index (χ3n) is 3.18. The number of carbonyl (C=O) groups is 2. The van der Waals surface area contributed by atoms with Gasteiger partial charge >= 0.3 is 0 Å². The topological polar surface area (TPSA) is 63.1 Å². The molecule has 1 saturated carbocycles. The Morgan fingerprint density at radius 2 is 2.15 bits per heavy atom. The van der Waals surface area contributed by atoms with Crippen molar-refractivity contribution in [1.29, 1.82) is 0 Å². The minimum Gasteiger partial charge on any atom is -0.353 e.